The number of ether oxygens (including phenoxy) is 1. The summed E-state index contributed by atoms with van der Waals surface area (Å²) in [4.78, 5) is 7.90. The summed E-state index contributed by atoms with van der Waals surface area (Å²) in [5.41, 5.74) is 4.52. The van der Waals surface area contributed by atoms with E-state index in [1.165, 1.54) is 11.1 Å². The predicted octanol–water partition coefficient (Wildman–Crippen LogP) is 4.74. The summed E-state index contributed by atoms with van der Waals surface area (Å²) in [6, 6.07) is 14.4. The van der Waals surface area contributed by atoms with E-state index in [-0.39, 0.29) is 0 Å². The summed E-state index contributed by atoms with van der Waals surface area (Å²) < 4.78 is 5.92. The average molecular weight is 312 g/mol. The number of aryl methyl sites for hydroxylation is 2. The summed E-state index contributed by atoms with van der Waals surface area (Å²) in [6.45, 7) is 4.91. The minimum atomic E-state index is 0.735. The lowest BCUT2D eigenvalue weighted by atomic mass is 10.1. The van der Waals surface area contributed by atoms with Crippen molar-refractivity contribution in [1.82, 2.24) is 9.97 Å². The van der Waals surface area contributed by atoms with E-state index in [0.717, 1.165) is 40.7 Å². The highest BCUT2D eigenvalue weighted by Gasteiger charge is 2.04. The topological polar surface area (TPSA) is 37.9 Å². The van der Waals surface area contributed by atoms with Crippen molar-refractivity contribution < 1.29 is 4.74 Å². The van der Waals surface area contributed by atoms with Crippen LogP contribution in [0.1, 0.15) is 17.5 Å². The molecule has 0 atom stereocenters. The van der Waals surface area contributed by atoms with Gasteiger partial charge < -0.3 is 9.72 Å². The minimum Gasteiger partial charge on any atom is -0.493 e. The fourth-order valence-corrected chi connectivity index (χ4v) is 3.23. The lowest BCUT2D eigenvalue weighted by molar-refractivity contribution is 0.314. The smallest absolute Gasteiger partial charge is 0.166 e. The number of imidazole rings is 1. The summed E-state index contributed by atoms with van der Waals surface area (Å²) in [7, 11) is 0. The Morgan fingerprint density at radius 3 is 2.59 bits per heavy atom. The number of rotatable bonds is 6. The summed E-state index contributed by atoms with van der Waals surface area (Å²) >= 11 is 1.74. The lowest BCUT2D eigenvalue weighted by Crippen LogP contribution is -2.01. The number of fused-ring (bicyclic) bond motifs is 1. The van der Waals surface area contributed by atoms with Gasteiger partial charge in [0.2, 0.25) is 0 Å². The summed E-state index contributed by atoms with van der Waals surface area (Å²) in [5, 5.41) is 0.980. The minimum absolute atomic E-state index is 0.735. The van der Waals surface area contributed by atoms with Gasteiger partial charge in [0.05, 0.1) is 17.6 Å². The van der Waals surface area contributed by atoms with Crippen molar-refractivity contribution in [3.05, 3.63) is 53.6 Å². The molecular formula is C18H20N2OS. The second-order valence-corrected chi connectivity index (χ2v) is 6.41. The quantitative estimate of drug-likeness (QED) is 0.527. The van der Waals surface area contributed by atoms with Gasteiger partial charge in [0.25, 0.3) is 0 Å². The maximum atomic E-state index is 5.92. The van der Waals surface area contributed by atoms with Crippen LogP contribution in [0.3, 0.4) is 0 Å². The Labute approximate surface area is 135 Å². The molecule has 1 aromatic heterocycles. The van der Waals surface area contributed by atoms with E-state index < -0.39 is 0 Å². The third kappa shape index (κ3) is 3.45. The number of hydrogen-bond acceptors (Lipinski definition) is 3. The Kier molecular flexibility index (Phi) is 4.68. The summed E-state index contributed by atoms with van der Waals surface area (Å²) in [6.07, 6.45) is 0.996. The van der Waals surface area contributed by atoms with Crippen LogP contribution in [-0.2, 0) is 0 Å². The van der Waals surface area contributed by atoms with Crippen molar-refractivity contribution in [2.45, 2.75) is 25.4 Å². The van der Waals surface area contributed by atoms with E-state index in [1.807, 2.05) is 18.2 Å². The molecule has 0 bridgehead atoms. The largest absolute Gasteiger partial charge is 0.493 e. The molecule has 22 heavy (non-hydrogen) atoms. The van der Waals surface area contributed by atoms with Crippen LogP contribution in [0.4, 0.5) is 0 Å². The third-order valence-corrected chi connectivity index (χ3v) is 4.51. The van der Waals surface area contributed by atoms with Gasteiger partial charge >= 0.3 is 0 Å². The zero-order valence-electron chi connectivity index (χ0n) is 12.9. The number of H-pyrrole nitrogens is 1. The second kappa shape index (κ2) is 6.88. The Bertz CT molecular complexity index is 713. The van der Waals surface area contributed by atoms with Crippen molar-refractivity contribution >= 4 is 22.8 Å². The molecule has 3 aromatic rings. The van der Waals surface area contributed by atoms with E-state index >= 15 is 0 Å². The monoisotopic (exact) mass is 312 g/mol. The molecule has 3 rings (SSSR count). The molecule has 0 spiro atoms. The van der Waals surface area contributed by atoms with Crippen LogP contribution in [0.2, 0.25) is 0 Å². The van der Waals surface area contributed by atoms with Gasteiger partial charge in [-0.3, -0.25) is 0 Å². The van der Waals surface area contributed by atoms with Crippen LogP contribution < -0.4 is 4.74 Å². The number of para-hydroxylation sites is 3. The fraction of sp³-hybridized carbons (Fsp3) is 0.278. The van der Waals surface area contributed by atoms with Crippen molar-refractivity contribution in [2.75, 3.05) is 12.4 Å². The van der Waals surface area contributed by atoms with Crippen LogP contribution >= 0.6 is 11.8 Å². The molecule has 0 saturated heterocycles. The van der Waals surface area contributed by atoms with E-state index in [9.17, 15) is 0 Å². The molecule has 0 fully saturated rings. The van der Waals surface area contributed by atoms with Crippen molar-refractivity contribution in [3.63, 3.8) is 0 Å². The first-order valence-corrected chi connectivity index (χ1v) is 8.49. The number of thioether (sulfide) groups is 1. The van der Waals surface area contributed by atoms with Crippen LogP contribution in [0, 0.1) is 13.8 Å². The Morgan fingerprint density at radius 1 is 1.05 bits per heavy atom. The zero-order valence-corrected chi connectivity index (χ0v) is 13.7. The van der Waals surface area contributed by atoms with E-state index in [2.05, 4.69) is 48.1 Å². The van der Waals surface area contributed by atoms with Gasteiger partial charge in [-0.1, -0.05) is 42.1 Å². The number of nitrogens with zero attached hydrogens (tertiary/aromatic N) is 1. The second-order valence-electron chi connectivity index (χ2n) is 5.33. The van der Waals surface area contributed by atoms with Gasteiger partial charge in [-0.25, -0.2) is 4.98 Å². The lowest BCUT2D eigenvalue weighted by Gasteiger charge is -2.11. The highest BCUT2D eigenvalue weighted by molar-refractivity contribution is 7.99. The maximum absolute atomic E-state index is 5.92. The van der Waals surface area contributed by atoms with Crippen molar-refractivity contribution in [1.29, 1.82) is 0 Å². The Balaban J connectivity index is 1.47. The van der Waals surface area contributed by atoms with Crippen LogP contribution in [0.25, 0.3) is 11.0 Å². The molecule has 2 aromatic carbocycles. The SMILES string of the molecule is Cc1cccc(C)c1OCCCSc1nc2ccccc2[nH]1. The van der Waals surface area contributed by atoms with Gasteiger partial charge in [0, 0.05) is 5.75 Å². The number of aromatic nitrogens is 2. The molecule has 0 unspecified atom stereocenters. The van der Waals surface area contributed by atoms with Gasteiger partial charge in [-0.15, -0.1) is 0 Å². The van der Waals surface area contributed by atoms with E-state index in [1.54, 1.807) is 11.8 Å². The standard InChI is InChI=1S/C18H20N2OS/c1-13-7-5-8-14(2)17(13)21-11-6-12-22-18-19-15-9-3-4-10-16(15)20-18/h3-5,7-10H,6,11-12H2,1-2H3,(H,19,20). The van der Waals surface area contributed by atoms with Crippen LogP contribution in [0.5, 0.6) is 5.75 Å². The zero-order chi connectivity index (χ0) is 15.4. The number of hydrogen-bond donors (Lipinski definition) is 1. The first kappa shape index (κ1) is 15.0. The molecule has 0 aliphatic carbocycles. The molecule has 0 amide bonds. The van der Waals surface area contributed by atoms with Crippen LogP contribution in [-0.4, -0.2) is 22.3 Å². The molecule has 114 valence electrons. The molecule has 4 heteroatoms. The van der Waals surface area contributed by atoms with E-state index in [0.29, 0.717) is 0 Å². The molecular weight excluding hydrogens is 292 g/mol. The van der Waals surface area contributed by atoms with Gasteiger partial charge in [0.15, 0.2) is 5.16 Å². The Morgan fingerprint density at radius 2 is 1.82 bits per heavy atom. The summed E-state index contributed by atoms with van der Waals surface area (Å²) in [5.74, 6) is 2.02. The molecule has 0 saturated carbocycles. The Hall–Kier alpha value is -1.94. The van der Waals surface area contributed by atoms with Gasteiger partial charge in [-0.05, 0) is 43.5 Å². The molecule has 1 heterocycles. The molecule has 0 radical (unpaired) electrons. The number of aromatic amines is 1. The number of nitrogens with one attached hydrogen (secondary N) is 1. The highest BCUT2D eigenvalue weighted by Crippen LogP contribution is 2.23. The molecule has 1 N–H and O–H groups in total. The van der Waals surface area contributed by atoms with Crippen LogP contribution in [0.15, 0.2) is 47.6 Å². The van der Waals surface area contributed by atoms with Gasteiger partial charge in [-0.2, -0.15) is 0 Å². The van der Waals surface area contributed by atoms with E-state index in [4.69, 9.17) is 4.74 Å². The normalized spacial score (nSPS) is 11.0. The average Bonchev–Trinajstić information content (AvgIpc) is 2.92. The third-order valence-electron chi connectivity index (χ3n) is 3.55. The molecule has 0 aliphatic rings. The first-order chi connectivity index (χ1) is 10.7. The maximum Gasteiger partial charge on any atom is 0.166 e. The van der Waals surface area contributed by atoms with Gasteiger partial charge in [0.1, 0.15) is 5.75 Å². The molecule has 0 aliphatic heterocycles. The van der Waals surface area contributed by atoms with Crippen molar-refractivity contribution in [3.8, 4) is 5.75 Å². The highest BCUT2D eigenvalue weighted by atomic mass is 32.2. The predicted molar refractivity (Wildman–Crippen MR) is 92.8 cm³/mol. The van der Waals surface area contributed by atoms with Crippen molar-refractivity contribution in [2.24, 2.45) is 0 Å². The fourth-order valence-electron chi connectivity index (χ4n) is 2.43. The molecule has 3 nitrogen and oxygen atoms in total. The first-order valence-electron chi connectivity index (χ1n) is 7.50. The number of benzene rings is 2.